The molecule has 120 valence electrons. The van der Waals surface area contributed by atoms with Gasteiger partial charge in [0.2, 0.25) is 5.95 Å². The van der Waals surface area contributed by atoms with E-state index in [1.807, 2.05) is 0 Å². The van der Waals surface area contributed by atoms with Gasteiger partial charge in [-0.1, -0.05) is 6.07 Å². The Morgan fingerprint density at radius 2 is 2.13 bits per heavy atom. The van der Waals surface area contributed by atoms with E-state index in [1.165, 1.54) is 0 Å². The second kappa shape index (κ2) is 6.62. The van der Waals surface area contributed by atoms with Crippen LogP contribution in [0.5, 0.6) is 0 Å². The summed E-state index contributed by atoms with van der Waals surface area (Å²) in [5.41, 5.74) is 7.61. The van der Waals surface area contributed by atoms with Gasteiger partial charge < -0.3 is 21.5 Å². The summed E-state index contributed by atoms with van der Waals surface area (Å²) in [4.78, 5) is 21.0. The Morgan fingerprint density at radius 1 is 1.30 bits per heavy atom. The summed E-state index contributed by atoms with van der Waals surface area (Å²) in [6.45, 7) is 0.346. The molecule has 0 aliphatic heterocycles. The highest BCUT2D eigenvalue weighted by Gasteiger charge is 2.26. The predicted molar refractivity (Wildman–Crippen MR) is 88.4 cm³/mol. The lowest BCUT2D eigenvalue weighted by Crippen LogP contribution is -2.16. The summed E-state index contributed by atoms with van der Waals surface area (Å²) in [6.07, 6.45) is 2.19. The molecule has 7 nitrogen and oxygen atoms in total. The Hall–Kier alpha value is -2.67. The number of aliphatic hydroxyl groups excluding tert-OH is 1. The molecule has 0 saturated heterocycles. The van der Waals surface area contributed by atoms with Crippen molar-refractivity contribution in [2.75, 3.05) is 29.5 Å². The third-order valence-corrected chi connectivity index (χ3v) is 3.53. The predicted octanol–water partition coefficient (Wildman–Crippen LogP) is 1.59. The number of nitrogen functional groups attached to an aromatic ring is 1. The monoisotopic (exact) mass is 313 g/mol. The van der Waals surface area contributed by atoms with Gasteiger partial charge >= 0.3 is 0 Å². The van der Waals surface area contributed by atoms with Gasteiger partial charge in [-0.15, -0.1) is 0 Å². The van der Waals surface area contributed by atoms with E-state index in [0.717, 1.165) is 18.5 Å². The van der Waals surface area contributed by atoms with Crippen molar-refractivity contribution in [3.8, 4) is 0 Å². The third-order valence-electron chi connectivity index (χ3n) is 3.53. The van der Waals surface area contributed by atoms with Crippen molar-refractivity contribution in [1.29, 1.82) is 0 Å². The highest BCUT2D eigenvalue weighted by Crippen LogP contribution is 2.39. The number of anilines is 3. The van der Waals surface area contributed by atoms with Gasteiger partial charge in [0, 0.05) is 29.8 Å². The van der Waals surface area contributed by atoms with E-state index in [2.05, 4.69) is 20.6 Å². The number of hydrogen-bond acceptors (Lipinski definition) is 6. The zero-order valence-corrected chi connectivity index (χ0v) is 12.6. The number of aliphatic hydroxyl groups is 1. The fourth-order valence-electron chi connectivity index (χ4n) is 2.23. The molecule has 0 radical (unpaired) electrons. The normalized spacial score (nSPS) is 13.6. The fraction of sp³-hybridized carbons (Fsp3) is 0.312. The lowest BCUT2D eigenvalue weighted by atomic mass is 10.2. The number of nitrogens with zero attached hydrogens (tertiary/aromatic N) is 2. The summed E-state index contributed by atoms with van der Waals surface area (Å²) in [6, 6.07) is 8.56. The smallest absolute Gasteiger partial charge is 0.256 e. The SMILES string of the molecule is Nc1cccc(C(=O)Nc2cc(C3CC3)nc(NCCO)n2)c1. The second-order valence-electron chi connectivity index (χ2n) is 5.51. The van der Waals surface area contributed by atoms with Gasteiger partial charge in [0.1, 0.15) is 5.82 Å². The minimum absolute atomic E-state index is 0.0119. The number of carbonyl (C=O) groups is 1. The Balaban J connectivity index is 1.80. The van der Waals surface area contributed by atoms with E-state index in [-0.39, 0.29) is 12.5 Å². The quantitative estimate of drug-likeness (QED) is 0.602. The summed E-state index contributed by atoms with van der Waals surface area (Å²) in [5, 5.41) is 14.6. The largest absolute Gasteiger partial charge is 0.399 e. The first kappa shape index (κ1) is 15.2. The van der Waals surface area contributed by atoms with Crippen molar-refractivity contribution in [2.45, 2.75) is 18.8 Å². The Bertz CT molecular complexity index is 715. The van der Waals surface area contributed by atoms with Crippen LogP contribution in [-0.2, 0) is 0 Å². The van der Waals surface area contributed by atoms with Crippen LogP contribution in [0.1, 0.15) is 34.8 Å². The number of hydrogen-bond donors (Lipinski definition) is 4. The summed E-state index contributed by atoms with van der Waals surface area (Å²) in [5.74, 6) is 1.00. The molecule has 0 atom stereocenters. The average molecular weight is 313 g/mol. The van der Waals surface area contributed by atoms with Crippen molar-refractivity contribution in [3.63, 3.8) is 0 Å². The molecule has 5 N–H and O–H groups in total. The van der Waals surface area contributed by atoms with Gasteiger partial charge in [-0.05, 0) is 31.0 Å². The number of nitrogens with one attached hydrogen (secondary N) is 2. The number of rotatable bonds is 6. The van der Waals surface area contributed by atoms with Crippen LogP contribution in [0.4, 0.5) is 17.5 Å². The molecular weight excluding hydrogens is 294 g/mol. The van der Waals surface area contributed by atoms with Crippen LogP contribution >= 0.6 is 0 Å². The van der Waals surface area contributed by atoms with Gasteiger partial charge in [-0.2, -0.15) is 4.98 Å². The maximum atomic E-state index is 12.3. The van der Waals surface area contributed by atoms with Gasteiger partial charge in [0.05, 0.1) is 12.3 Å². The van der Waals surface area contributed by atoms with Crippen molar-refractivity contribution in [2.24, 2.45) is 0 Å². The van der Waals surface area contributed by atoms with Gasteiger partial charge in [-0.25, -0.2) is 4.98 Å². The third kappa shape index (κ3) is 3.95. The summed E-state index contributed by atoms with van der Waals surface area (Å²) >= 11 is 0. The highest BCUT2D eigenvalue weighted by molar-refractivity contribution is 6.04. The van der Waals surface area contributed by atoms with E-state index in [0.29, 0.717) is 35.5 Å². The number of aromatic nitrogens is 2. The van der Waals surface area contributed by atoms with Crippen LogP contribution in [0, 0.1) is 0 Å². The van der Waals surface area contributed by atoms with Crippen LogP contribution in [0.2, 0.25) is 0 Å². The van der Waals surface area contributed by atoms with E-state index in [1.54, 1.807) is 30.3 Å². The van der Waals surface area contributed by atoms with Gasteiger partial charge in [-0.3, -0.25) is 4.79 Å². The van der Waals surface area contributed by atoms with Crippen LogP contribution in [-0.4, -0.2) is 34.1 Å². The Labute approximate surface area is 134 Å². The lowest BCUT2D eigenvalue weighted by Gasteiger charge is -2.10. The van der Waals surface area contributed by atoms with Crippen molar-refractivity contribution in [1.82, 2.24) is 9.97 Å². The first-order chi connectivity index (χ1) is 11.2. The molecule has 0 spiro atoms. The second-order valence-corrected chi connectivity index (χ2v) is 5.51. The molecule has 1 aromatic heterocycles. The molecule has 0 bridgehead atoms. The van der Waals surface area contributed by atoms with Gasteiger partial charge in [0.25, 0.3) is 5.91 Å². The van der Waals surface area contributed by atoms with Crippen molar-refractivity contribution in [3.05, 3.63) is 41.6 Å². The van der Waals surface area contributed by atoms with E-state index in [9.17, 15) is 4.79 Å². The molecule has 0 unspecified atom stereocenters. The number of nitrogens with two attached hydrogens (primary N) is 1. The van der Waals surface area contributed by atoms with E-state index < -0.39 is 0 Å². The number of amides is 1. The van der Waals surface area contributed by atoms with E-state index in [4.69, 9.17) is 10.8 Å². The molecule has 1 aromatic carbocycles. The average Bonchev–Trinajstić information content (AvgIpc) is 3.37. The molecule has 1 saturated carbocycles. The van der Waals surface area contributed by atoms with E-state index >= 15 is 0 Å². The first-order valence-electron chi connectivity index (χ1n) is 7.56. The van der Waals surface area contributed by atoms with Crippen LogP contribution in [0.15, 0.2) is 30.3 Å². The number of benzene rings is 1. The minimum Gasteiger partial charge on any atom is -0.399 e. The van der Waals surface area contributed by atoms with Crippen molar-refractivity contribution >= 4 is 23.4 Å². The number of carbonyl (C=O) groups excluding carboxylic acids is 1. The van der Waals surface area contributed by atoms with Crippen LogP contribution in [0.25, 0.3) is 0 Å². The fourth-order valence-corrected chi connectivity index (χ4v) is 2.23. The van der Waals surface area contributed by atoms with Crippen molar-refractivity contribution < 1.29 is 9.90 Å². The first-order valence-corrected chi connectivity index (χ1v) is 7.56. The summed E-state index contributed by atoms with van der Waals surface area (Å²) in [7, 11) is 0. The van der Waals surface area contributed by atoms with Crippen LogP contribution < -0.4 is 16.4 Å². The topological polar surface area (TPSA) is 113 Å². The maximum absolute atomic E-state index is 12.3. The molecule has 1 aliphatic rings. The molecule has 1 fully saturated rings. The Morgan fingerprint density at radius 3 is 2.83 bits per heavy atom. The zero-order chi connectivity index (χ0) is 16.2. The Kier molecular flexibility index (Phi) is 4.38. The maximum Gasteiger partial charge on any atom is 0.256 e. The molecule has 1 aliphatic carbocycles. The molecular formula is C16H19N5O2. The van der Waals surface area contributed by atoms with Gasteiger partial charge in [0.15, 0.2) is 0 Å². The molecule has 7 heteroatoms. The molecule has 1 amide bonds. The standard InChI is InChI=1S/C16H19N5O2/c17-12-3-1-2-11(8-12)15(23)20-14-9-13(10-4-5-10)19-16(21-14)18-6-7-22/h1-3,8-10,22H,4-7,17H2,(H2,18,19,20,21,23). The zero-order valence-electron chi connectivity index (χ0n) is 12.6. The summed E-state index contributed by atoms with van der Waals surface area (Å²) < 4.78 is 0. The molecule has 1 heterocycles. The lowest BCUT2D eigenvalue weighted by molar-refractivity contribution is 0.102. The molecule has 23 heavy (non-hydrogen) atoms. The molecule has 2 aromatic rings. The van der Waals surface area contributed by atoms with Crippen LogP contribution in [0.3, 0.4) is 0 Å². The molecule has 3 rings (SSSR count). The highest BCUT2D eigenvalue weighted by atomic mass is 16.3. The minimum atomic E-state index is -0.272.